The Morgan fingerprint density at radius 2 is 2.00 bits per heavy atom. The van der Waals surface area contributed by atoms with E-state index in [4.69, 9.17) is 0 Å². The first kappa shape index (κ1) is 9.13. The second kappa shape index (κ2) is 4.82. The van der Waals surface area contributed by atoms with E-state index in [1.165, 1.54) is 31.3 Å². The molecule has 0 saturated heterocycles. The van der Waals surface area contributed by atoms with Crippen LogP contribution in [0.1, 0.15) is 25.7 Å². The summed E-state index contributed by atoms with van der Waals surface area (Å²) in [6.45, 7) is 3.73. The van der Waals surface area contributed by atoms with Crippen LogP contribution in [0.25, 0.3) is 0 Å². The van der Waals surface area contributed by atoms with Crippen molar-refractivity contribution in [2.24, 2.45) is 5.92 Å². The summed E-state index contributed by atoms with van der Waals surface area (Å²) < 4.78 is 2.30. The maximum absolute atomic E-state index is 3.73. The first-order valence-electron chi connectivity index (χ1n) is 4.16. The molecule has 1 aliphatic rings. The molecule has 0 radical (unpaired) electrons. The van der Waals surface area contributed by atoms with E-state index in [1.807, 2.05) is 6.08 Å². The average Bonchev–Trinajstić information content (AvgIpc) is 2.52. The molecule has 1 rings (SSSR count). The Morgan fingerprint density at radius 3 is 2.45 bits per heavy atom. The van der Waals surface area contributed by atoms with Gasteiger partial charge in [0.15, 0.2) is 0 Å². The van der Waals surface area contributed by atoms with Crippen LogP contribution in [0.2, 0.25) is 0 Å². The van der Waals surface area contributed by atoms with Crippen LogP contribution in [0.4, 0.5) is 0 Å². The van der Waals surface area contributed by atoms with Crippen LogP contribution in [-0.4, -0.2) is 4.40 Å². The summed E-state index contributed by atoms with van der Waals surface area (Å²) >= 11 is 1.56. The van der Waals surface area contributed by atoms with Gasteiger partial charge in [0, 0.05) is 0 Å². The Kier molecular flexibility index (Phi) is 4.00. The molecule has 0 atom stereocenters. The molecule has 0 amide bonds. The fraction of sp³-hybridized carbons (Fsp3) is 0.500. The molecule has 0 spiro atoms. The maximum atomic E-state index is 3.73. The fourth-order valence-corrected chi connectivity index (χ4v) is 2.64. The molecule has 0 nitrogen and oxygen atoms in total. The molecule has 0 N–H and O–H groups in total. The van der Waals surface area contributed by atoms with Gasteiger partial charge in [0.1, 0.15) is 0 Å². The molecule has 1 saturated carbocycles. The molecule has 0 aromatic carbocycles. The third-order valence-electron chi connectivity index (χ3n) is 2.27. The molecule has 1 aliphatic carbocycles. The molecule has 11 heavy (non-hydrogen) atoms. The zero-order valence-electron chi connectivity index (χ0n) is 6.75. The summed E-state index contributed by atoms with van der Waals surface area (Å²) in [5.41, 5.74) is 1.52. The predicted octanol–water partition coefficient (Wildman–Crippen LogP) is 2.64. The summed E-state index contributed by atoms with van der Waals surface area (Å²) in [6.07, 6.45) is 9.70. The van der Waals surface area contributed by atoms with Gasteiger partial charge in [-0.2, -0.15) is 0 Å². The van der Waals surface area contributed by atoms with Gasteiger partial charge in [-0.1, -0.05) is 0 Å². The molecule has 1 heteroatoms. The second-order valence-electron chi connectivity index (χ2n) is 3.00. The van der Waals surface area contributed by atoms with Crippen molar-refractivity contribution in [3.63, 3.8) is 0 Å². The van der Waals surface area contributed by atoms with Gasteiger partial charge in [-0.05, 0) is 0 Å². The topological polar surface area (TPSA) is 0 Å². The summed E-state index contributed by atoms with van der Waals surface area (Å²) in [6, 6.07) is 0. The van der Waals surface area contributed by atoms with E-state index < -0.39 is 0 Å². The van der Waals surface area contributed by atoms with Crippen LogP contribution in [-0.2, 0) is 19.4 Å². The Balaban J connectivity index is 2.60. The zero-order valence-corrected chi connectivity index (χ0v) is 9.69. The number of hydrogen-bond acceptors (Lipinski definition) is 0. The molecule has 60 valence electrons. The fourth-order valence-electron chi connectivity index (χ4n) is 1.67. The van der Waals surface area contributed by atoms with Crippen molar-refractivity contribution in [3.05, 3.63) is 24.3 Å². The third-order valence-corrected chi connectivity index (χ3v) is 3.25. The van der Waals surface area contributed by atoms with Crippen LogP contribution in [0.5, 0.6) is 0 Å². The van der Waals surface area contributed by atoms with Crippen LogP contribution in [0, 0.1) is 5.92 Å². The molecule has 1 fully saturated rings. The van der Waals surface area contributed by atoms with Crippen LogP contribution in [0.15, 0.2) is 24.3 Å². The molecule has 0 aromatic heterocycles. The van der Waals surface area contributed by atoms with Crippen molar-refractivity contribution in [3.8, 4) is 0 Å². The van der Waals surface area contributed by atoms with Crippen LogP contribution < -0.4 is 0 Å². The quantitative estimate of drug-likeness (QED) is 0.702. The summed E-state index contributed by atoms with van der Waals surface area (Å²) in [7, 11) is 0. The van der Waals surface area contributed by atoms with Gasteiger partial charge >= 0.3 is 79.7 Å². The molecule has 0 bridgehead atoms. The first-order valence-corrected chi connectivity index (χ1v) is 5.85. The van der Waals surface area contributed by atoms with Crippen LogP contribution in [0.3, 0.4) is 0 Å². The monoisotopic (exact) mass is 318 g/mol. The van der Waals surface area contributed by atoms with E-state index in [2.05, 4.69) is 17.1 Å². The van der Waals surface area contributed by atoms with Gasteiger partial charge in [0.2, 0.25) is 0 Å². The second-order valence-corrected chi connectivity index (χ2v) is 3.85. The minimum atomic E-state index is 0.852. The van der Waals surface area contributed by atoms with Crippen molar-refractivity contribution < 1.29 is 19.4 Å². The van der Waals surface area contributed by atoms with Crippen molar-refractivity contribution in [2.75, 3.05) is 0 Å². The minimum absolute atomic E-state index is 0.852. The normalized spacial score (nSPS) is 20.2. The summed E-state index contributed by atoms with van der Waals surface area (Å²) in [5.74, 6) is 0.852. The van der Waals surface area contributed by atoms with Gasteiger partial charge in [-0.25, -0.2) is 0 Å². The van der Waals surface area contributed by atoms with Gasteiger partial charge < -0.3 is 0 Å². The summed E-state index contributed by atoms with van der Waals surface area (Å²) in [5, 5.41) is 0. The van der Waals surface area contributed by atoms with Gasteiger partial charge in [0.05, 0.1) is 0 Å². The Hall–Kier alpha value is 0.0383. The van der Waals surface area contributed by atoms with E-state index in [-0.39, 0.29) is 0 Å². The molecule has 0 aliphatic heterocycles. The zero-order chi connectivity index (χ0) is 8.10. The SMILES string of the molecule is C=C/C=C(\[CH]=[W])C1CCCC1. The van der Waals surface area contributed by atoms with Gasteiger partial charge in [-0.3, -0.25) is 0 Å². The summed E-state index contributed by atoms with van der Waals surface area (Å²) in [4.78, 5) is 0. The van der Waals surface area contributed by atoms with E-state index in [9.17, 15) is 0 Å². The van der Waals surface area contributed by atoms with E-state index in [0.717, 1.165) is 5.92 Å². The van der Waals surface area contributed by atoms with E-state index in [1.54, 1.807) is 19.4 Å². The molecule has 0 heterocycles. The third kappa shape index (κ3) is 2.52. The van der Waals surface area contributed by atoms with Crippen molar-refractivity contribution in [2.45, 2.75) is 25.7 Å². The molecule has 0 unspecified atom stereocenters. The van der Waals surface area contributed by atoms with Crippen molar-refractivity contribution >= 4 is 4.40 Å². The van der Waals surface area contributed by atoms with Crippen LogP contribution >= 0.6 is 0 Å². The molecular formula is C10H14W. The Morgan fingerprint density at radius 1 is 1.36 bits per heavy atom. The van der Waals surface area contributed by atoms with Gasteiger partial charge in [0.25, 0.3) is 0 Å². The standard InChI is InChI=1S/C10H14.W/c1-3-6-9(2)10-7-4-5-8-10;/h2-3,6,10H,1,4-5,7-8H2;/b9-6+;. The van der Waals surface area contributed by atoms with E-state index >= 15 is 0 Å². The Bertz CT molecular complexity index is 173. The average molecular weight is 318 g/mol. The number of hydrogen-bond donors (Lipinski definition) is 0. The van der Waals surface area contributed by atoms with Crippen molar-refractivity contribution in [1.82, 2.24) is 0 Å². The predicted molar refractivity (Wildman–Crippen MR) is 46.3 cm³/mol. The molecular weight excluding hydrogens is 304 g/mol. The van der Waals surface area contributed by atoms with Gasteiger partial charge in [-0.15, -0.1) is 0 Å². The van der Waals surface area contributed by atoms with E-state index in [0.29, 0.717) is 0 Å². The first-order chi connectivity index (χ1) is 5.38. The Labute approximate surface area is 79.8 Å². The molecule has 0 aromatic rings. The van der Waals surface area contributed by atoms with Crippen molar-refractivity contribution in [1.29, 1.82) is 0 Å². The number of allylic oxidation sites excluding steroid dienone is 3. The number of rotatable bonds is 3.